The maximum atomic E-state index is 11.8. The number of aryl methyl sites for hydroxylation is 2. The van der Waals surface area contributed by atoms with Crippen LogP contribution >= 0.6 is 0 Å². The van der Waals surface area contributed by atoms with Crippen LogP contribution < -0.4 is 11.0 Å². The van der Waals surface area contributed by atoms with E-state index in [1.165, 1.54) is 0 Å². The summed E-state index contributed by atoms with van der Waals surface area (Å²) in [5, 5.41) is 3.41. The fourth-order valence-corrected chi connectivity index (χ4v) is 1.97. The summed E-state index contributed by atoms with van der Waals surface area (Å²) in [6.07, 6.45) is 0. The van der Waals surface area contributed by atoms with Crippen molar-refractivity contribution in [2.75, 3.05) is 6.54 Å². The highest BCUT2D eigenvalue weighted by Gasteiger charge is 2.14. The third kappa shape index (κ3) is 3.66. The Morgan fingerprint density at radius 1 is 1.41 bits per heavy atom. The van der Waals surface area contributed by atoms with Crippen molar-refractivity contribution >= 4 is 0 Å². The van der Waals surface area contributed by atoms with E-state index < -0.39 is 0 Å². The molecule has 17 heavy (non-hydrogen) atoms. The minimum absolute atomic E-state index is 0.147. The van der Waals surface area contributed by atoms with Crippen LogP contribution in [-0.2, 0) is 6.54 Å². The summed E-state index contributed by atoms with van der Waals surface area (Å²) < 4.78 is 1.75. The third-order valence-corrected chi connectivity index (χ3v) is 3.00. The molecule has 0 fully saturated rings. The number of likely N-dealkylation sites (N-methyl/N-ethyl adjacent to an activating group) is 1. The predicted octanol–water partition coefficient (Wildman–Crippen LogP) is 1.49. The second-order valence-electron chi connectivity index (χ2n) is 4.84. The molecular weight excluding hydrogens is 214 g/mol. The normalized spacial score (nSPS) is 13.1. The minimum Gasteiger partial charge on any atom is -0.312 e. The fourth-order valence-electron chi connectivity index (χ4n) is 1.97. The van der Waals surface area contributed by atoms with E-state index in [2.05, 4.69) is 31.1 Å². The highest BCUT2D eigenvalue weighted by Crippen LogP contribution is 2.06. The standard InChI is InChI=1S/C13H23N3O/c1-6-14-12(9(2)3)8-16-11(5)7-10(4)15-13(16)17/h7,9,12,14H,6,8H2,1-5H3. The van der Waals surface area contributed by atoms with Crippen LogP contribution in [-0.4, -0.2) is 22.1 Å². The molecule has 0 aliphatic rings. The average molecular weight is 237 g/mol. The number of nitrogens with one attached hydrogen (secondary N) is 1. The van der Waals surface area contributed by atoms with E-state index in [0.29, 0.717) is 18.5 Å². The van der Waals surface area contributed by atoms with Crippen LogP contribution in [0.5, 0.6) is 0 Å². The van der Waals surface area contributed by atoms with Crippen LogP contribution in [0.15, 0.2) is 10.9 Å². The van der Waals surface area contributed by atoms with Crippen molar-refractivity contribution < 1.29 is 0 Å². The van der Waals surface area contributed by atoms with Crippen molar-refractivity contribution in [2.45, 2.75) is 47.2 Å². The molecule has 0 aliphatic heterocycles. The molecule has 0 aromatic carbocycles. The van der Waals surface area contributed by atoms with Crippen molar-refractivity contribution in [1.82, 2.24) is 14.9 Å². The monoisotopic (exact) mass is 237 g/mol. The Bertz CT molecular complexity index is 423. The van der Waals surface area contributed by atoms with Gasteiger partial charge in [-0.05, 0) is 32.4 Å². The van der Waals surface area contributed by atoms with Crippen molar-refractivity contribution in [2.24, 2.45) is 5.92 Å². The van der Waals surface area contributed by atoms with E-state index in [4.69, 9.17) is 0 Å². The van der Waals surface area contributed by atoms with Gasteiger partial charge in [-0.2, -0.15) is 4.98 Å². The van der Waals surface area contributed by atoms with Crippen molar-refractivity contribution in [3.8, 4) is 0 Å². The van der Waals surface area contributed by atoms with E-state index in [1.54, 1.807) is 4.57 Å². The van der Waals surface area contributed by atoms with Gasteiger partial charge in [0.15, 0.2) is 0 Å². The zero-order chi connectivity index (χ0) is 13.0. The van der Waals surface area contributed by atoms with Crippen molar-refractivity contribution in [3.63, 3.8) is 0 Å². The van der Waals surface area contributed by atoms with Gasteiger partial charge in [0.2, 0.25) is 0 Å². The highest BCUT2D eigenvalue weighted by atomic mass is 16.1. The fraction of sp³-hybridized carbons (Fsp3) is 0.692. The van der Waals surface area contributed by atoms with Crippen LogP contribution in [0.2, 0.25) is 0 Å². The Balaban J connectivity index is 2.97. The molecule has 0 amide bonds. The van der Waals surface area contributed by atoms with E-state index in [-0.39, 0.29) is 5.69 Å². The van der Waals surface area contributed by atoms with Gasteiger partial charge in [0.1, 0.15) is 0 Å². The first-order valence-corrected chi connectivity index (χ1v) is 6.24. The first kappa shape index (κ1) is 13.9. The lowest BCUT2D eigenvalue weighted by Gasteiger charge is -2.23. The first-order valence-electron chi connectivity index (χ1n) is 6.24. The summed E-state index contributed by atoms with van der Waals surface area (Å²) in [5.74, 6) is 0.488. The maximum absolute atomic E-state index is 11.8. The topological polar surface area (TPSA) is 46.9 Å². The largest absolute Gasteiger partial charge is 0.348 e. The van der Waals surface area contributed by atoms with Gasteiger partial charge < -0.3 is 5.32 Å². The molecule has 4 heteroatoms. The Morgan fingerprint density at radius 3 is 2.53 bits per heavy atom. The number of hydrogen-bond donors (Lipinski definition) is 1. The molecule has 0 bridgehead atoms. The summed E-state index contributed by atoms with van der Waals surface area (Å²) in [6, 6.07) is 2.26. The number of aromatic nitrogens is 2. The van der Waals surface area contributed by atoms with Crippen molar-refractivity contribution in [1.29, 1.82) is 0 Å². The van der Waals surface area contributed by atoms with Crippen LogP contribution in [0.4, 0.5) is 0 Å². The van der Waals surface area contributed by atoms with Gasteiger partial charge in [-0.1, -0.05) is 20.8 Å². The molecule has 1 rings (SSSR count). The van der Waals surface area contributed by atoms with Crippen LogP contribution in [0.3, 0.4) is 0 Å². The molecule has 0 aliphatic carbocycles. The number of hydrogen-bond acceptors (Lipinski definition) is 3. The maximum Gasteiger partial charge on any atom is 0.348 e. The van der Waals surface area contributed by atoms with Gasteiger partial charge in [-0.3, -0.25) is 4.57 Å². The van der Waals surface area contributed by atoms with Crippen LogP contribution in [0.1, 0.15) is 32.2 Å². The lowest BCUT2D eigenvalue weighted by atomic mass is 10.0. The zero-order valence-corrected chi connectivity index (χ0v) is 11.4. The molecule has 4 nitrogen and oxygen atoms in total. The molecule has 1 aromatic heterocycles. The molecule has 1 unspecified atom stereocenters. The predicted molar refractivity (Wildman–Crippen MR) is 70.3 cm³/mol. The minimum atomic E-state index is -0.147. The average Bonchev–Trinajstić information content (AvgIpc) is 2.21. The van der Waals surface area contributed by atoms with E-state index in [9.17, 15) is 4.79 Å². The molecular formula is C13H23N3O. The Labute approximate surface area is 103 Å². The van der Waals surface area contributed by atoms with Gasteiger partial charge in [0.25, 0.3) is 0 Å². The van der Waals surface area contributed by atoms with Gasteiger partial charge in [0, 0.05) is 24.0 Å². The van der Waals surface area contributed by atoms with E-state index in [0.717, 1.165) is 17.9 Å². The second kappa shape index (κ2) is 5.96. The Hall–Kier alpha value is -1.16. The van der Waals surface area contributed by atoms with Crippen molar-refractivity contribution in [3.05, 3.63) is 27.9 Å². The summed E-state index contributed by atoms with van der Waals surface area (Å²) >= 11 is 0. The lowest BCUT2D eigenvalue weighted by molar-refractivity contribution is 0.353. The van der Waals surface area contributed by atoms with Crippen LogP contribution in [0, 0.1) is 19.8 Å². The SMILES string of the molecule is CCNC(Cn1c(C)cc(C)nc1=O)C(C)C. The smallest absolute Gasteiger partial charge is 0.312 e. The molecule has 0 spiro atoms. The molecule has 96 valence electrons. The molecule has 0 saturated carbocycles. The second-order valence-corrected chi connectivity index (χ2v) is 4.84. The van der Waals surface area contributed by atoms with Gasteiger partial charge in [-0.15, -0.1) is 0 Å². The summed E-state index contributed by atoms with van der Waals surface area (Å²) in [6.45, 7) is 11.8. The first-order chi connectivity index (χ1) is 7.95. The summed E-state index contributed by atoms with van der Waals surface area (Å²) in [4.78, 5) is 15.8. The Kier molecular flexibility index (Phi) is 4.87. The van der Waals surface area contributed by atoms with Gasteiger partial charge in [-0.25, -0.2) is 4.79 Å². The lowest BCUT2D eigenvalue weighted by Crippen LogP contribution is -2.41. The molecule has 0 saturated heterocycles. The number of rotatable bonds is 5. The third-order valence-electron chi connectivity index (χ3n) is 3.00. The molecule has 1 N–H and O–H groups in total. The summed E-state index contributed by atoms with van der Waals surface area (Å²) in [7, 11) is 0. The molecule has 1 aromatic rings. The molecule has 1 atom stereocenters. The zero-order valence-electron chi connectivity index (χ0n) is 11.4. The van der Waals surface area contributed by atoms with E-state index in [1.807, 2.05) is 19.9 Å². The highest BCUT2D eigenvalue weighted by molar-refractivity contribution is 5.06. The molecule has 1 heterocycles. The van der Waals surface area contributed by atoms with Gasteiger partial charge in [0.05, 0.1) is 0 Å². The Morgan fingerprint density at radius 2 is 2.06 bits per heavy atom. The van der Waals surface area contributed by atoms with E-state index >= 15 is 0 Å². The summed E-state index contributed by atoms with van der Waals surface area (Å²) in [5.41, 5.74) is 1.62. The van der Waals surface area contributed by atoms with Crippen LogP contribution in [0.25, 0.3) is 0 Å². The quantitative estimate of drug-likeness (QED) is 0.844. The van der Waals surface area contributed by atoms with Gasteiger partial charge >= 0.3 is 5.69 Å². The molecule has 0 radical (unpaired) electrons. The number of nitrogens with zero attached hydrogens (tertiary/aromatic N) is 2.